The molecule has 11 aromatic rings. The highest BCUT2D eigenvalue weighted by Crippen LogP contribution is 2.56. The number of halogens is 1. The Morgan fingerprint density at radius 2 is 0.548 bits per heavy atom. The Balaban J connectivity index is 1.36. The monoisotopic (exact) mass is 1080 g/mol. The summed E-state index contributed by atoms with van der Waals surface area (Å²) in [7, 11) is 13.1. The van der Waals surface area contributed by atoms with Gasteiger partial charge in [-0.1, -0.05) is 97.1 Å². The molecule has 0 radical (unpaired) electrons. The van der Waals surface area contributed by atoms with Crippen LogP contribution in [-0.4, -0.2) is 94.5 Å². The Labute approximate surface area is 428 Å². The minimum atomic E-state index is 0.276. The van der Waals surface area contributed by atoms with Crippen LogP contribution in [0.25, 0.3) is 133 Å². The number of fused-ring (bicyclic) bond motifs is 24. The molecule has 5 heterocycles. The predicted octanol–water partition coefficient (Wildman–Crippen LogP) is 12.2. The van der Waals surface area contributed by atoms with Crippen molar-refractivity contribution in [2.75, 3.05) is 56.9 Å². The SMILES string of the molecule is COc1c2c(c(OC)c3ccccc13)-c1nc-2nc2[nH]c(nc3nc(nc4c5c(OC)c6ccccc6c(OC)c5c(n1)n4I)-c1c-3c(OC)c3ccccc3c1OC)c1c(OC)c3ccccc3c(OC)c21. The van der Waals surface area contributed by atoms with Gasteiger partial charge >= 0.3 is 0 Å². The number of methoxy groups -OCH3 is 8. The average Bonchev–Trinajstić information content (AvgIpc) is 4.15. The molecular weight excluding hydrogens is 1040 g/mol. The zero-order valence-electron chi connectivity index (χ0n) is 40.5. The fourth-order valence-corrected chi connectivity index (χ4v) is 11.7. The highest BCUT2D eigenvalue weighted by Gasteiger charge is 2.35. The minimum absolute atomic E-state index is 0.276. The molecule has 8 aromatic carbocycles. The first-order chi connectivity index (χ1) is 35.8. The quantitative estimate of drug-likeness (QED) is 0.142. The topological polar surface area (TPSA) is 172 Å². The van der Waals surface area contributed by atoms with Gasteiger partial charge in [-0.25, -0.2) is 32.7 Å². The molecule has 0 saturated heterocycles. The van der Waals surface area contributed by atoms with Gasteiger partial charge in [-0.3, -0.25) is 0 Å². The van der Waals surface area contributed by atoms with E-state index < -0.39 is 0 Å². The maximum absolute atomic E-state index is 6.40. The third-order valence-electron chi connectivity index (χ3n) is 13.8. The largest absolute Gasteiger partial charge is 0.495 e. The van der Waals surface area contributed by atoms with E-state index in [9.17, 15) is 0 Å². The van der Waals surface area contributed by atoms with Gasteiger partial charge in [0.15, 0.2) is 34.6 Å². The van der Waals surface area contributed by atoms with E-state index in [1.165, 1.54) is 0 Å². The summed E-state index contributed by atoms with van der Waals surface area (Å²) in [5, 5.41) is 8.72. The van der Waals surface area contributed by atoms with Crippen molar-refractivity contribution in [2.45, 2.75) is 0 Å². The first kappa shape index (κ1) is 44.2. The van der Waals surface area contributed by atoms with Crippen molar-refractivity contribution in [2.24, 2.45) is 0 Å². The summed E-state index contributed by atoms with van der Waals surface area (Å²) in [6.45, 7) is 0. The van der Waals surface area contributed by atoms with Crippen molar-refractivity contribution in [3.05, 3.63) is 97.1 Å². The molecule has 0 atom stereocenters. The average molecular weight is 1080 g/mol. The summed E-state index contributed by atoms with van der Waals surface area (Å²) in [4.78, 5) is 36.3. The summed E-state index contributed by atoms with van der Waals surface area (Å²) in [5.74, 6) is 5.39. The van der Waals surface area contributed by atoms with Gasteiger partial charge in [0, 0.05) is 43.1 Å². The van der Waals surface area contributed by atoms with Gasteiger partial charge in [0.1, 0.15) is 57.3 Å². The van der Waals surface area contributed by atoms with Crippen LogP contribution in [0, 0.1) is 0 Å². The van der Waals surface area contributed by atoms with Crippen molar-refractivity contribution < 1.29 is 37.9 Å². The van der Waals surface area contributed by atoms with Crippen LogP contribution >= 0.6 is 22.9 Å². The number of nitrogens with one attached hydrogen (secondary N) is 1. The fourth-order valence-electron chi connectivity index (χ4n) is 11.0. The van der Waals surface area contributed by atoms with E-state index in [-0.39, 0.29) is 23.3 Å². The number of H-pyrrole nitrogens is 1. The molecule has 13 rings (SSSR count). The maximum atomic E-state index is 6.40. The molecule has 0 spiro atoms. The molecule has 0 unspecified atom stereocenters. The molecule has 3 aromatic heterocycles. The Morgan fingerprint density at radius 3 is 0.808 bits per heavy atom. The van der Waals surface area contributed by atoms with E-state index in [0.29, 0.717) is 112 Å². The molecule has 0 saturated carbocycles. The van der Waals surface area contributed by atoms with Gasteiger partial charge in [0.05, 0.1) is 124 Å². The van der Waals surface area contributed by atoms with Crippen molar-refractivity contribution >= 4 is 110 Å². The number of nitrogens with zero attached hydrogens (tertiary/aromatic N) is 7. The van der Waals surface area contributed by atoms with Crippen LogP contribution in [0.1, 0.15) is 0 Å². The molecule has 360 valence electrons. The van der Waals surface area contributed by atoms with Gasteiger partial charge < -0.3 is 42.9 Å². The van der Waals surface area contributed by atoms with Crippen LogP contribution < -0.4 is 37.9 Å². The normalized spacial score (nSPS) is 11.9. The first-order valence-corrected chi connectivity index (χ1v) is 24.0. The minimum Gasteiger partial charge on any atom is -0.495 e. The van der Waals surface area contributed by atoms with E-state index >= 15 is 0 Å². The summed E-state index contributed by atoms with van der Waals surface area (Å²) >= 11 is 2.23. The highest BCUT2D eigenvalue weighted by molar-refractivity contribution is 14.1. The maximum Gasteiger partial charge on any atom is 0.168 e. The lowest BCUT2D eigenvalue weighted by atomic mass is 9.98. The zero-order chi connectivity index (χ0) is 50.0. The Hall–Kier alpha value is -8.71. The Kier molecular flexibility index (Phi) is 10.1. The third-order valence-corrected chi connectivity index (χ3v) is 14.7. The molecule has 8 bridgehead atoms. The van der Waals surface area contributed by atoms with Crippen molar-refractivity contribution in [3.63, 3.8) is 0 Å². The Morgan fingerprint density at radius 1 is 0.315 bits per heavy atom. The molecule has 0 fully saturated rings. The zero-order valence-corrected chi connectivity index (χ0v) is 42.7. The molecule has 16 nitrogen and oxygen atoms in total. The molecular formula is C56H41IN8O8. The van der Waals surface area contributed by atoms with Gasteiger partial charge in [0.2, 0.25) is 0 Å². The number of aromatic nitrogens is 8. The molecule has 0 amide bonds. The number of rotatable bonds is 8. The van der Waals surface area contributed by atoms with E-state index in [0.717, 1.165) is 43.1 Å². The lowest BCUT2D eigenvalue weighted by Gasteiger charge is -2.16. The van der Waals surface area contributed by atoms with Crippen LogP contribution in [0.3, 0.4) is 0 Å². The van der Waals surface area contributed by atoms with Crippen molar-refractivity contribution in [1.82, 2.24) is 37.7 Å². The predicted molar refractivity (Wildman–Crippen MR) is 292 cm³/mol. The summed E-state index contributed by atoms with van der Waals surface area (Å²) in [6, 6.07) is 31.5. The molecule has 17 heteroatoms. The first-order valence-electron chi connectivity index (χ1n) is 23.0. The Bertz CT molecular complexity index is 4150. The van der Waals surface area contributed by atoms with Crippen molar-refractivity contribution in [1.29, 1.82) is 0 Å². The summed E-state index contributed by atoms with van der Waals surface area (Å²) in [5.41, 5.74) is 3.82. The van der Waals surface area contributed by atoms with Crippen LogP contribution in [0.4, 0.5) is 0 Å². The van der Waals surface area contributed by atoms with Crippen LogP contribution in [0.15, 0.2) is 97.1 Å². The van der Waals surface area contributed by atoms with Gasteiger partial charge in [-0.15, -0.1) is 0 Å². The van der Waals surface area contributed by atoms with Crippen LogP contribution in [-0.2, 0) is 0 Å². The second-order valence-electron chi connectivity index (χ2n) is 17.2. The molecule has 73 heavy (non-hydrogen) atoms. The fraction of sp³-hybridized carbons (Fsp3) is 0.143. The van der Waals surface area contributed by atoms with E-state index in [4.69, 9.17) is 67.8 Å². The summed E-state index contributed by atoms with van der Waals surface area (Å²) in [6.07, 6.45) is 0. The highest BCUT2D eigenvalue weighted by atomic mass is 127. The van der Waals surface area contributed by atoms with Crippen LogP contribution in [0.2, 0.25) is 0 Å². The summed E-state index contributed by atoms with van der Waals surface area (Å²) < 4.78 is 52.8. The van der Waals surface area contributed by atoms with E-state index in [1.807, 2.05) is 99.8 Å². The second kappa shape index (κ2) is 16.7. The lowest BCUT2D eigenvalue weighted by Crippen LogP contribution is -1.97. The molecule has 1 N–H and O–H groups in total. The number of aromatic amines is 1. The standard InChI is InChI=1S/C56H41IN8O8/c1-66-41-25-17-9-10-18-26(25)42(67-2)34-33(41)49-58-50(34)60-52-36-38(46(71-6)30-22-14-12-20-28(30)44(36)69-4)54(62-52)64-56-40-39(47(72-7)31-23-15-16-24-32(31)48(40)73-8)55(65(56)57)63-53-37-35(51(59-49)61-53)43(68-3)27-19-11-13-21-29(27)45(37)70-5/h9-24H,1-8H3,(H,58,59,60,61,62,63,64). The number of hydrogen-bond acceptors (Lipinski definition) is 14. The van der Waals surface area contributed by atoms with E-state index in [2.05, 4.69) is 27.8 Å². The number of hydrogen-bond donors (Lipinski definition) is 1. The third kappa shape index (κ3) is 5.99. The van der Waals surface area contributed by atoms with Crippen LogP contribution in [0.5, 0.6) is 46.0 Å². The lowest BCUT2D eigenvalue weighted by molar-refractivity contribution is 0.413. The number of benzene rings is 8. The van der Waals surface area contributed by atoms with Gasteiger partial charge in [-0.2, -0.15) is 0 Å². The van der Waals surface area contributed by atoms with E-state index in [1.54, 1.807) is 56.9 Å². The van der Waals surface area contributed by atoms with Gasteiger partial charge in [0.25, 0.3) is 0 Å². The van der Waals surface area contributed by atoms with Crippen molar-refractivity contribution in [3.8, 4) is 91.5 Å². The molecule has 0 aliphatic carbocycles. The molecule has 2 aliphatic rings. The van der Waals surface area contributed by atoms with Gasteiger partial charge in [-0.05, 0) is 0 Å². The molecule has 2 aliphatic heterocycles. The smallest absolute Gasteiger partial charge is 0.168 e. The second-order valence-corrected chi connectivity index (χ2v) is 18.1. The number of ether oxygens (including phenoxy) is 8.